The average molecular weight is 359 g/mol. The lowest BCUT2D eigenvalue weighted by molar-refractivity contribution is 0.213. The lowest BCUT2D eigenvalue weighted by Crippen LogP contribution is -2.33. The molecule has 2 rings (SSSR count). The second-order valence-corrected chi connectivity index (χ2v) is 7.27. The van der Waals surface area contributed by atoms with E-state index in [9.17, 15) is 9.90 Å². The van der Waals surface area contributed by atoms with Crippen LogP contribution in [0, 0.1) is 11.3 Å². The van der Waals surface area contributed by atoms with E-state index in [-0.39, 0.29) is 11.3 Å². The Morgan fingerprint density at radius 2 is 2.04 bits per heavy atom. The van der Waals surface area contributed by atoms with Crippen LogP contribution in [-0.4, -0.2) is 39.7 Å². The summed E-state index contributed by atoms with van der Waals surface area (Å²) in [4.78, 5) is 13.9. The van der Waals surface area contributed by atoms with Gasteiger partial charge in [-0.3, -0.25) is 4.79 Å². The molecular formula is C20H26N2O2S. The smallest absolute Gasteiger partial charge is 0.282 e. The van der Waals surface area contributed by atoms with Crippen molar-refractivity contribution in [1.82, 2.24) is 4.90 Å². The normalized spacial score (nSPS) is 18.6. The van der Waals surface area contributed by atoms with Gasteiger partial charge in [0.2, 0.25) is 0 Å². The standard InChI is InChI=1S/C20H26N2O2S/c21-13-7-2-1-3-8-14-22-18(16-25-20(22)24)11-12-19(23)15-17-9-5-4-6-10-17/h4-6,9-12,18-19,23H,1-3,7-8,14-16H2/b12-11+/t18-,19?/m0/s1. The van der Waals surface area contributed by atoms with Gasteiger partial charge in [0.25, 0.3) is 5.24 Å². The van der Waals surface area contributed by atoms with Gasteiger partial charge in [0.05, 0.1) is 18.2 Å². The highest BCUT2D eigenvalue weighted by Crippen LogP contribution is 2.25. The van der Waals surface area contributed by atoms with Crippen LogP contribution in [-0.2, 0) is 6.42 Å². The molecule has 1 aliphatic heterocycles. The summed E-state index contributed by atoms with van der Waals surface area (Å²) in [6, 6.07) is 12.1. The molecule has 0 radical (unpaired) electrons. The summed E-state index contributed by atoms with van der Waals surface area (Å²) in [5.41, 5.74) is 1.10. The number of thioether (sulfide) groups is 1. The molecule has 0 saturated carbocycles. The minimum Gasteiger partial charge on any atom is -0.389 e. The third-order valence-electron chi connectivity index (χ3n) is 4.29. The quantitative estimate of drug-likeness (QED) is 0.504. The van der Waals surface area contributed by atoms with Crippen LogP contribution in [0.3, 0.4) is 0 Å². The number of benzene rings is 1. The number of rotatable bonds is 10. The predicted octanol–water partition coefficient (Wildman–Crippen LogP) is 4.16. The molecule has 25 heavy (non-hydrogen) atoms. The molecule has 0 spiro atoms. The number of amides is 1. The Morgan fingerprint density at radius 1 is 1.28 bits per heavy atom. The predicted molar refractivity (Wildman–Crippen MR) is 102 cm³/mol. The van der Waals surface area contributed by atoms with Crippen LogP contribution in [0.25, 0.3) is 0 Å². The van der Waals surface area contributed by atoms with Crippen molar-refractivity contribution in [3.63, 3.8) is 0 Å². The van der Waals surface area contributed by atoms with Gasteiger partial charge in [-0.25, -0.2) is 0 Å². The van der Waals surface area contributed by atoms with Gasteiger partial charge in [-0.05, 0) is 18.4 Å². The minimum atomic E-state index is -0.532. The van der Waals surface area contributed by atoms with Crippen molar-refractivity contribution in [3.8, 4) is 6.07 Å². The molecular weight excluding hydrogens is 332 g/mol. The SMILES string of the molecule is N#CCCCCCCN1C(=O)SC[C@@H]1/C=C/C(O)Cc1ccccc1. The van der Waals surface area contributed by atoms with Crippen molar-refractivity contribution in [2.45, 2.75) is 50.7 Å². The zero-order valence-electron chi connectivity index (χ0n) is 14.5. The Kier molecular flexibility index (Phi) is 8.58. The number of carbonyl (C=O) groups is 1. The molecule has 1 aromatic rings. The van der Waals surface area contributed by atoms with Crippen molar-refractivity contribution >= 4 is 17.0 Å². The molecule has 0 aliphatic carbocycles. The minimum absolute atomic E-state index is 0.0713. The Morgan fingerprint density at radius 3 is 2.80 bits per heavy atom. The lowest BCUT2D eigenvalue weighted by atomic mass is 10.1. The molecule has 2 atom stereocenters. The van der Waals surface area contributed by atoms with E-state index in [4.69, 9.17) is 5.26 Å². The van der Waals surface area contributed by atoms with E-state index in [0.717, 1.165) is 43.5 Å². The number of hydrogen-bond donors (Lipinski definition) is 1. The molecule has 1 heterocycles. The zero-order valence-corrected chi connectivity index (χ0v) is 15.3. The molecule has 1 aromatic carbocycles. The van der Waals surface area contributed by atoms with Crippen molar-refractivity contribution in [2.24, 2.45) is 0 Å². The number of aliphatic hydroxyl groups excluding tert-OH is 1. The van der Waals surface area contributed by atoms with Gasteiger partial charge in [-0.15, -0.1) is 0 Å². The van der Waals surface area contributed by atoms with Crippen LogP contribution in [0.2, 0.25) is 0 Å². The average Bonchev–Trinajstić information content (AvgIpc) is 2.97. The maximum atomic E-state index is 12.0. The Bertz CT molecular complexity index is 597. The maximum absolute atomic E-state index is 12.0. The van der Waals surface area contributed by atoms with Gasteiger partial charge in [0.15, 0.2) is 0 Å². The van der Waals surface area contributed by atoms with Crippen LogP contribution in [0.1, 0.15) is 37.7 Å². The molecule has 1 unspecified atom stereocenters. The monoisotopic (exact) mass is 358 g/mol. The van der Waals surface area contributed by atoms with E-state index in [1.807, 2.05) is 47.4 Å². The van der Waals surface area contributed by atoms with E-state index in [0.29, 0.717) is 12.8 Å². The Hall–Kier alpha value is -1.77. The molecule has 0 aromatic heterocycles. The maximum Gasteiger partial charge on any atom is 0.282 e. The summed E-state index contributed by atoms with van der Waals surface area (Å²) >= 11 is 1.35. The van der Waals surface area contributed by atoms with Crippen LogP contribution in [0.4, 0.5) is 4.79 Å². The molecule has 1 saturated heterocycles. The number of aliphatic hydroxyl groups is 1. The Balaban J connectivity index is 1.76. The topological polar surface area (TPSA) is 64.3 Å². The first-order chi connectivity index (χ1) is 12.2. The van der Waals surface area contributed by atoms with Crippen molar-refractivity contribution in [1.29, 1.82) is 5.26 Å². The fraction of sp³-hybridized carbons (Fsp3) is 0.500. The molecule has 5 heteroatoms. The molecule has 1 amide bonds. The van der Waals surface area contributed by atoms with E-state index in [1.165, 1.54) is 11.8 Å². The Labute approximate surface area is 154 Å². The van der Waals surface area contributed by atoms with Crippen LogP contribution >= 0.6 is 11.8 Å². The van der Waals surface area contributed by atoms with E-state index in [1.54, 1.807) is 0 Å². The van der Waals surface area contributed by atoms with E-state index >= 15 is 0 Å². The molecule has 1 fully saturated rings. The number of hydrogen-bond acceptors (Lipinski definition) is 4. The number of carbonyl (C=O) groups excluding carboxylic acids is 1. The third kappa shape index (κ3) is 6.93. The van der Waals surface area contributed by atoms with E-state index in [2.05, 4.69) is 6.07 Å². The molecule has 1 aliphatic rings. The summed E-state index contributed by atoms with van der Waals surface area (Å²) < 4.78 is 0. The highest BCUT2D eigenvalue weighted by atomic mass is 32.2. The summed E-state index contributed by atoms with van der Waals surface area (Å²) in [6.07, 6.45) is 8.45. The lowest BCUT2D eigenvalue weighted by Gasteiger charge is -2.21. The molecule has 0 bridgehead atoms. The van der Waals surface area contributed by atoms with Gasteiger partial charge >= 0.3 is 0 Å². The van der Waals surface area contributed by atoms with Gasteiger partial charge < -0.3 is 10.0 Å². The van der Waals surface area contributed by atoms with Crippen LogP contribution in [0.15, 0.2) is 42.5 Å². The fourth-order valence-corrected chi connectivity index (χ4v) is 3.90. The molecule has 4 nitrogen and oxygen atoms in total. The van der Waals surface area contributed by atoms with Gasteiger partial charge in [-0.1, -0.05) is 67.1 Å². The van der Waals surface area contributed by atoms with Crippen molar-refractivity contribution in [3.05, 3.63) is 48.0 Å². The molecule has 1 N–H and O–H groups in total. The first-order valence-electron chi connectivity index (χ1n) is 8.91. The zero-order chi connectivity index (χ0) is 17.9. The first-order valence-corrected chi connectivity index (χ1v) is 9.90. The van der Waals surface area contributed by atoms with Crippen LogP contribution < -0.4 is 0 Å². The van der Waals surface area contributed by atoms with Crippen LogP contribution in [0.5, 0.6) is 0 Å². The molecule has 134 valence electrons. The number of nitrogens with zero attached hydrogens (tertiary/aromatic N) is 2. The van der Waals surface area contributed by atoms with Crippen molar-refractivity contribution in [2.75, 3.05) is 12.3 Å². The second kappa shape index (κ2) is 11.0. The summed E-state index contributed by atoms with van der Waals surface area (Å²) in [5.74, 6) is 0.752. The van der Waals surface area contributed by atoms with Gasteiger partial charge in [-0.2, -0.15) is 5.26 Å². The first kappa shape index (κ1) is 19.6. The number of nitriles is 1. The summed E-state index contributed by atoms with van der Waals surface area (Å²) in [7, 11) is 0. The third-order valence-corrected chi connectivity index (χ3v) is 5.28. The van der Waals surface area contributed by atoms with Crippen molar-refractivity contribution < 1.29 is 9.90 Å². The fourth-order valence-electron chi connectivity index (χ4n) is 2.90. The highest BCUT2D eigenvalue weighted by Gasteiger charge is 2.29. The number of unbranched alkanes of at least 4 members (excludes halogenated alkanes) is 4. The van der Waals surface area contributed by atoms with Gasteiger partial charge in [0.1, 0.15) is 0 Å². The highest BCUT2D eigenvalue weighted by molar-refractivity contribution is 8.13. The van der Waals surface area contributed by atoms with E-state index < -0.39 is 6.10 Å². The second-order valence-electron chi connectivity index (χ2n) is 6.30. The summed E-state index contributed by atoms with van der Waals surface area (Å²) in [6.45, 7) is 0.752. The summed E-state index contributed by atoms with van der Waals surface area (Å²) in [5, 5.41) is 18.8. The van der Waals surface area contributed by atoms with Gasteiger partial charge in [0, 0.05) is 25.1 Å². The largest absolute Gasteiger partial charge is 0.389 e.